The fourth-order valence-electron chi connectivity index (χ4n) is 2.44. The largest absolute Gasteiger partial charge is 0.497 e. The Bertz CT molecular complexity index is 945. The van der Waals surface area contributed by atoms with Gasteiger partial charge < -0.3 is 20.1 Å². The Hall–Kier alpha value is -3.25. The average molecular weight is 384 g/mol. The number of aromatic nitrogens is 1. The first-order chi connectivity index (χ1) is 13.1. The molecular formula is C20H18ClN3O3. The van der Waals surface area contributed by atoms with Crippen molar-refractivity contribution in [2.24, 2.45) is 0 Å². The third-order valence-electron chi connectivity index (χ3n) is 3.78. The lowest BCUT2D eigenvalue weighted by atomic mass is 10.2. The number of ether oxygens (including phenoxy) is 2. The van der Waals surface area contributed by atoms with Crippen molar-refractivity contribution in [1.82, 2.24) is 4.98 Å². The molecule has 0 unspecified atom stereocenters. The molecule has 138 valence electrons. The molecule has 0 aliphatic rings. The molecule has 2 N–H and O–H groups in total. The van der Waals surface area contributed by atoms with Crippen LogP contribution in [0.15, 0.2) is 60.8 Å². The van der Waals surface area contributed by atoms with E-state index < -0.39 is 0 Å². The van der Waals surface area contributed by atoms with Gasteiger partial charge in [0.05, 0.1) is 19.9 Å². The molecule has 0 saturated carbocycles. The van der Waals surface area contributed by atoms with E-state index in [9.17, 15) is 4.79 Å². The van der Waals surface area contributed by atoms with Crippen LogP contribution >= 0.6 is 11.6 Å². The van der Waals surface area contributed by atoms with Crippen LogP contribution < -0.4 is 20.1 Å². The quantitative estimate of drug-likeness (QED) is 0.642. The van der Waals surface area contributed by atoms with Gasteiger partial charge in [-0.15, -0.1) is 0 Å². The zero-order valence-electron chi connectivity index (χ0n) is 14.8. The van der Waals surface area contributed by atoms with Gasteiger partial charge in [-0.1, -0.05) is 11.6 Å². The fraction of sp³-hybridized carbons (Fsp3) is 0.100. The highest BCUT2D eigenvalue weighted by atomic mass is 35.5. The Morgan fingerprint density at radius 2 is 1.74 bits per heavy atom. The van der Waals surface area contributed by atoms with Crippen LogP contribution in [-0.4, -0.2) is 25.1 Å². The monoisotopic (exact) mass is 383 g/mol. The topological polar surface area (TPSA) is 72.5 Å². The number of nitrogens with zero attached hydrogens (tertiary/aromatic N) is 1. The highest BCUT2D eigenvalue weighted by Crippen LogP contribution is 2.30. The Balaban J connectivity index is 1.76. The lowest BCUT2D eigenvalue weighted by Gasteiger charge is -2.12. The van der Waals surface area contributed by atoms with Gasteiger partial charge in [0, 0.05) is 22.6 Å². The van der Waals surface area contributed by atoms with Crippen LogP contribution in [0.4, 0.5) is 17.1 Å². The van der Waals surface area contributed by atoms with Crippen LogP contribution in [0.5, 0.6) is 11.5 Å². The lowest BCUT2D eigenvalue weighted by molar-refractivity contribution is 0.102. The number of anilines is 3. The molecule has 0 radical (unpaired) electrons. The molecule has 0 saturated heterocycles. The summed E-state index contributed by atoms with van der Waals surface area (Å²) in [5, 5.41) is 6.57. The number of hydrogen-bond acceptors (Lipinski definition) is 5. The summed E-state index contributed by atoms with van der Waals surface area (Å²) in [6.45, 7) is 0. The molecule has 0 aliphatic heterocycles. The molecule has 6 nitrogen and oxygen atoms in total. The van der Waals surface area contributed by atoms with Crippen LogP contribution in [0, 0.1) is 0 Å². The third-order valence-corrected chi connectivity index (χ3v) is 4.02. The number of amides is 1. The van der Waals surface area contributed by atoms with Gasteiger partial charge in [0.2, 0.25) is 0 Å². The fourth-order valence-corrected chi connectivity index (χ4v) is 2.61. The highest BCUT2D eigenvalue weighted by Gasteiger charge is 2.10. The predicted octanol–water partition coefficient (Wildman–Crippen LogP) is 4.75. The van der Waals surface area contributed by atoms with Gasteiger partial charge in [0.15, 0.2) is 0 Å². The Morgan fingerprint density at radius 3 is 2.44 bits per heavy atom. The molecule has 1 heterocycles. The Labute approximate surface area is 162 Å². The summed E-state index contributed by atoms with van der Waals surface area (Å²) < 4.78 is 10.4. The van der Waals surface area contributed by atoms with E-state index in [2.05, 4.69) is 15.6 Å². The summed E-state index contributed by atoms with van der Waals surface area (Å²) in [5.74, 6) is 1.04. The molecule has 0 atom stereocenters. The van der Waals surface area contributed by atoms with Crippen molar-refractivity contribution in [3.63, 3.8) is 0 Å². The van der Waals surface area contributed by atoms with Gasteiger partial charge in [-0.3, -0.25) is 9.78 Å². The van der Waals surface area contributed by atoms with Crippen LogP contribution in [0.25, 0.3) is 0 Å². The van der Waals surface area contributed by atoms with Crippen LogP contribution in [-0.2, 0) is 0 Å². The number of hydrogen-bond donors (Lipinski definition) is 2. The van der Waals surface area contributed by atoms with Gasteiger partial charge in [-0.25, -0.2) is 0 Å². The Kier molecular flexibility index (Phi) is 5.78. The molecule has 1 aromatic heterocycles. The van der Waals surface area contributed by atoms with Gasteiger partial charge in [0.25, 0.3) is 5.91 Å². The van der Waals surface area contributed by atoms with Crippen LogP contribution in [0.2, 0.25) is 5.02 Å². The standard InChI is InChI=1S/C20H18ClN3O3/c1-26-16-6-4-14(5-7-16)24-20(25)18-12-15(9-10-22-18)23-17-11-13(21)3-8-19(17)27-2/h3-12H,1-2H3,(H,22,23)(H,24,25). The van der Waals surface area contributed by atoms with Crippen molar-refractivity contribution in [1.29, 1.82) is 0 Å². The van der Waals surface area contributed by atoms with E-state index in [-0.39, 0.29) is 11.6 Å². The van der Waals surface area contributed by atoms with Gasteiger partial charge in [-0.05, 0) is 54.6 Å². The van der Waals surface area contributed by atoms with Crippen molar-refractivity contribution in [3.8, 4) is 11.5 Å². The minimum absolute atomic E-state index is 0.275. The van der Waals surface area contributed by atoms with Crippen molar-refractivity contribution in [2.75, 3.05) is 24.9 Å². The van der Waals surface area contributed by atoms with E-state index in [1.165, 1.54) is 0 Å². The Morgan fingerprint density at radius 1 is 0.963 bits per heavy atom. The number of carbonyl (C=O) groups is 1. The normalized spacial score (nSPS) is 10.2. The van der Waals surface area contributed by atoms with E-state index >= 15 is 0 Å². The molecule has 27 heavy (non-hydrogen) atoms. The number of methoxy groups -OCH3 is 2. The average Bonchev–Trinajstić information content (AvgIpc) is 2.69. The van der Waals surface area contributed by atoms with Crippen molar-refractivity contribution in [2.45, 2.75) is 0 Å². The van der Waals surface area contributed by atoms with Gasteiger partial charge in [-0.2, -0.15) is 0 Å². The van der Waals surface area contributed by atoms with Crippen molar-refractivity contribution < 1.29 is 14.3 Å². The zero-order chi connectivity index (χ0) is 19.2. The van der Waals surface area contributed by atoms with Crippen LogP contribution in [0.1, 0.15) is 10.5 Å². The maximum atomic E-state index is 12.5. The molecule has 0 fully saturated rings. The zero-order valence-corrected chi connectivity index (χ0v) is 15.6. The SMILES string of the molecule is COc1ccc(NC(=O)c2cc(Nc3cc(Cl)ccc3OC)ccn2)cc1. The maximum absolute atomic E-state index is 12.5. The van der Waals surface area contributed by atoms with E-state index in [0.29, 0.717) is 33.6 Å². The van der Waals surface area contributed by atoms with Crippen LogP contribution in [0.3, 0.4) is 0 Å². The minimum atomic E-state index is -0.318. The van der Waals surface area contributed by atoms with Gasteiger partial charge in [0.1, 0.15) is 17.2 Å². The first-order valence-corrected chi connectivity index (χ1v) is 8.49. The van der Waals surface area contributed by atoms with Gasteiger partial charge >= 0.3 is 0 Å². The lowest BCUT2D eigenvalue weighted by Crippen LogP contribution is -2.13. The second-order valence-corrected chi connectivity index (χ2v) is 6.02. The molecule has 2 aromatic carbocycles. The summed E-state index contributed by atoms with van der Waals surface area (Å²) in [6.07, 6.45) is 1.56. The first kappa shape index (κ1) is 18.5. The molecule has 1 amide bonds. The predicted molar refractivity (Wildman–Crippen MR) is 106 cm³/mol. The highest BCUT2D eigenvalue weighted by molar-refractivity contribution is 6.31. The second-order valence-electron chi connectivity index (χ2n) is 5.58. The molecule has 0 spiro atoms. The number of benzene rings is 2. The smallest absolute Gasteiger partial charge is 0.274 e. The maximum Gasteiger partial charge on any atom is 0.274 e. The van der Waals surface area contributed by atoms with E-state index in [1.807, 2.05) is 0 Å². The molecular weight excluding hydrogens is 366 g/mol. The minimum Gasteiger partial charge on any atom is -0.497 e. The molecule has 7 heteroatoms. The molecule has 0 aliphatic carbocycles. The summed E-state index contributed by atoms with van der Waals surface area (Å²) in [6, 6.07) is 15.7. The summed E-state index contributed by atoms with van der Waals surface area (Å²) in [7, 11) is 3.17. The number of nitrogens with one attached hydrogen (secondary N) is 2. The van der Waals surface area contributed by atoms with Crippen molar-refractivity contribution in [3.05, 3.63) is 71.5 Å². The van der Waals surface area contributed by atoms with E-state index in [0.717, 1.165) is 0 Å². The number of pyridine rings is 1. The number of carbonyl (C=O) groups excluding carboxylic acids is 1. The van der Waals surface area contributed by atoms with E-state index in [1.54, 1.807) is 75.0 Å². The first-order valence-electron chi connectivity index (χ1n) is 8.11. The summed E-state index contributed by atoms with van der Waals surface area (Å²) in [5.41, 5.74) is 2.30. The number of rotatable bonds is 6. The number of halogens is 1. The molecule has 0 bridgehead atoms. The molecule has 3 rings (SSSR count). The summed E-state index contributed by atoms with van der Waals surface area (Å²) >= 11 is 6.05. The van der Waals surface area contributed by atoms with Crippen molar-refractivity contribution >= 4 is 34.6 Å². The third kappa shape index (κ3) is 4.68. The second kappa shape index (κ2) is 8.42. The van der Waals surface area contributed by atoms with E-state index in [4.69, 9.17) is 21.1 Å². The molecule has 3 aromatic rings. The summed E-state index contributed by atoms with van der Waals surface area (Å²) in [4.78, 5) is 16.6.